The molecule has 0 aliphatic carbocycles. The number of benzene rings is 2. The lowest BCUT2D eigenvalue weighted by molar-refractivity contribution is -0.137. The van der Waals surface area contributed by atoms with Gasteiger partial charge in [-0.3, -0.25) is 4.79 Å². The minimum absolute atomic E-state index is 0.0208. The molecule has 0 aromatic heterocycles. The first-order valence-electron chi connectivity index (χ1n) is 8.68. The zero-order valence-corrected chi connectivity index (χ0v) is 17.4. The molecule has 0 heterocycles. The van der Waals surface area contributed by atoms with Gasteiger partial charge in [-0.15, -0.1) is 0 Å². The Morgan fingerprint density at radius 1 is 1.17 bits per heavy atom. The van der Waals surface area contributed by atoms with E-state index in [1.54, 1.807) is 19.0 Å². The summed E-state index contributed by atoms with van der Waals surface area (Å²) in [6.07, 6.45) is -4.71. The molecule has 29 heavy (non-hydrogen) atoms. The van der Waals surface area contributed by atoms with Crippen LogP contribution in [0.15, 0.2) is 30.3 Å². The van der Waals surface area contributed by atoms with Gasteiger partial charge >= 0.3 is 6.18 Å². The maximum atomic E-state index is 13.1. The Balaban J connectivity index is 2.43. The molecule has 0 unspecified atom stereocenters. The van der Waals surface area contributed by atoms with Gasteiger partial charge in [0.15, 0.2) is 11.5 Å². The molecule has 0 saturated heterocycles. The number of hydrogen-bond donors (Lipinski definition) is 1. The van der Waals surface area contributed by atoms with Crippen molar-refractivity contribution in [1.29, 1.82) is 0 Å². The number of anilines is 2. The third kappa shape index (κ3) is 5.47. The largest absolute Gasteiger partial charge is 0.493 e. The number of halogens is 4. The number of ether oxygens (including phenoxy) is 2. The van der Waals surface area contributed by atoms with E-state index >= 15 is 0 Å². The molecule has 2 aromatic carbocycles. The maximum Gasteiger partial charge on any atom is 0.416 e. The molecule has 0 bridgehead atoms. The molecule has 9 heteroatoms. The van der Waals surface area contributed by atoms with E-state index in [-0.39, 0.29) is 33.9 Å². The van der Waals surface area contributed by atoms with E-state index in [9.17, 15) is 18.0 Å². The molecule has 0 spiro atoms. The third-order valence-electron chi connectivity index (χ3n) is 3.90. The highest BCUT2D eigenvalue weighted by Gasteiger charge is 2.31. The van der Waals surface area contributed by atoms with Crippen molar-refractivity contribution in [3.63, 3.8) is 0 Å². The molecule has 158 valence electrons. The van der Waals surface area contributed by atoms with Crippen LogP contribution >= 0.6 is 11.6 Å². The highest BCUT2D eigenvalue weighted by atomic mass is 35.5. The van der Waals surface area contributed by atoms with Gasteiger partial charge in [0.2, 0.25) is 0 Å². The monoisotopic (exact) mass is 430 g/mol. The SMILES string of the molecule is COc1cc(C(=O)Nc2cc(C(F)(F)F)ccc2N(C)C)cc(Cl)c1OC(C)C. The van der Waals surface area contributed by atoms with Gasteiger partial charge in [-0.2, -0.15) is 13.2 Å². The van der Waals surface area contributed by atoms with Crippen LogP contribution < -0.4 is 19.7 Å². The lowest BCUT2D eigenvalue weighted by Crippen LogP contribution is -2.18. The van der Waals surface area contributed by atoms with Crippen LogP contribution in [0.4, 0.5) is 24.5 Å². The third-order valence-corrected chi connectivity index (χ3v) is 4.18. The van der Waals surface area contributed by atoms with E-state index in [1.165, 1.54) is 25.3 Å². The van der Waals surface area contributed by atoms with Crippen LogP contribution in [0.5, 0.6) is 11.5 Å². The summed E-state index contributed by atoms with van der Waals surface area (Å²) in [5.41, 5.74) is -0.309. The van der Waals surface area contributed by atoms with Gasteiger partial charge in [0.05, 0.1) is 35.2 Å². The molecule has 1 amide bonds. The average Bonchev–Trinajstić information content (AvgIpc) is 2.61. The van der Waals surface area contributed by atoms with E-state index in [0.29, 0.717) is 5.69 Å². The van der Waals surface area contributed by atoms with Crippen molar-refractivity contribution in [2.45, 2.75) is 26.1 Å². The van der Waals surface area contributed by atoms with Crippen LogP contribution in [0.25, 0.3) is 0 Å². The Bertz CT molecular complexity index is 899. The number of carbonyl (C=O) groups is 1. The number of nitrogens with zero attached hydrogens (tertiary/aromatic N) is 1. The van der Waals surface area contributed by atoms with E-state index in [0.717, 1.165) is 12.1 Å². The van der Waals surface area contributed by atoms with Crippen LogP contribution in [-0.2, 0) is 6.18 Å². The number of alkyl halides is 3. The molecule has 0 aliphatic heterocycles. The highest BCUT2D eigenvalue weighted by Crippen LogP contribution is 2.38. The smallest absolute Gasteiger partial charge is 0.416 e. The quantitative estimate of drug-likeness (QED) is 0.660. The second-order valence-electron chi connectivity index (χ2n) is 6.73. The number of nitrogens with one attached hydrogen (secondary N) is 1. The standard InChI is InChI=1S/C20H22ClF3N2O3/c1-11(2)29-18-14(21)8-12(9-17(18)28-5)19(27)25-15-10-13(20(22,23)24)6-7-16(15)26(3)4/h6-11H,1-5H3,(H,25,27). The topological polar surface area (TPSA) is 50.8 Å². The Morgan fingerprint density at radius 2 is 1.83 bits per heavy atom. The van der Waals surface area contributed by atoms with Crippen molar-refractivity contribution < 1.29 is 27.4 Å². The fourth-order valence-corrected chi connectivity index (χ4v) is 2.85. The summed E-state index contributed by atoms with van der Waals surface area (Å²) >= 11 is 6.23. The predicted octanol–water partition coefficient (Wildman–Crippen LogP) is 5.47. The summed E-state index contributed by atoms with van der Waals surface area (Å²) in [5, 5.41) is 2.68. The first kappa shape index (κ1) is 22.7. The summed E-state index contributed by atoms with van der Waals surface area (Å²) in [5.74, 6) is -0.106. The van der Waals surface area contributed by atoms with Gasteiger partial charge < -0.3 is 19.7 Å². The maximum absolute atomic E-state index is 13.1. The van der Waals surface area contributed by atoms with Crippen molar-refractivity contribution in [1.82, 2.24) is 0 Å². The second-order valence-corrected chi connectivity index (χ2v) is 7.14. The Morgan fingerprint density at radius 3 is 2.34 bits per heavy atom. The Hall–Kier alpha value is -2.61. The average molecular weight is 431 g/mol. The van der Waals surface area contributed by atoms with Crippen LogP contribution in [0.1, 0.15) is 29.8 Å². The van der Waals surface area contributed by atoms with E-state index in [4.69, 9.17) is 21.1 Å². The Labute approximate surface area is 172 Å². The predicted molar refractivity (Wildman–Crippen MR) is 107 cm³/mol. The fourth-order valence-electron chi connectivity index (χ4n) is 2.60. The highest BCUT2D eigenvalue weighted by molar-refractivity contribution is 6.32. The van der Waals surface area contributed by atoms with E-state index < -0.39 is 17.6 Å². The van der Waals surface area contributed by atoms with Crippen LogP contribution in [0.3, 0.4) is 0 Å². The van der Waals surface area contributed by atoms with Gasteiger partial charge in [0.1, 0.15) is 0 Å². The van der Waals surface area contributed by atoms with Crippen molar-refractivity contribution in [2.75, 3.05) is 31.4 Å². The molecule has 2 rings (SSSR count). The Kier molecular flexibility index (Phi) is 6.89. The molecule has 0 radical (unpaired) electrons. The zero-order chi connectivity index (χ0) is 21.9. The molecule has 2 aromatic rings. The van der Waals surface area contributed by atoms with Gasteiger partial charge in [-0.25, -0.2) is 0 Å². The fraction of sp³-hybridized carbons (Fsp3) is 0.350. The zero-order valence-electron chi connectivity index (χ0n) is 16.6. The van der Waals surface area contributed by atoms with Crippen LogP contribution in [0.2, 0.25) is 5.02 Å². The molecule has 0 fully saturated rings. The summed E-state index contributed by atoms with van der Waals surface area (Å²) in [6.45, 7) is 3.62. The first-order valence-corrected chi connectivity index (χ1v) is 9.06. The minimum atomic E-state index is -4.54. The molecular formula is C20H22ClF3N2O3. The van der Waals surface area contributed by atoms with Crippen molar-refractivity contribution >= 4 is 28.9 Å². The molecule has 5 nitrogen and oxygen atoms in total. The van der Waals surface area contributed by atoms with Crippen molar-refractivity contribution in [2.24, 2.45) is 0 Å². The minimum Gasteiger partial charge on any atom is -0.493 e. The summed E-state index contributed by atoms with van der Waals surface area (Å²) < 4.78 is 50.1. The van der Waals surface area contributed by atoms with Gasteiger partial charge in [0.25, 0.3) is 5.91 Å². The number of carbonyl (C=O) groups excluding carboxylic acids is 1. The number of amides is 1. The first-order chi connectivity index (χ1) is 13.4. The van der Waals surface area contributed by atoms with Crippen LogP contribution in [0, 0.1) is 0 Å². The van der Waals surface area contributed by atoms with Crippen LogP contribution in [-0.4, -0.2) is 33.2 Å². The second kappa shape index (κ2) is 8.82. The summed E-state index contributed by atoms with van der Waals surface area (Å²) in [7, 11) is 4.73. The summed E-state index contributed by atoms with van der Waals surface area (Å²) in [6, 6.07) is 5.94. The lowest BCUT2D eigenvalue weighted by Gasteiger charge is -2.20. The van der Waals surface area contributed by atoms with E-state index in [2.05, 4.69) is 5.32 Å². The number of methoxy groups -OCH3 is 1. The number of hydrogen-bond acceptors (Lipinski definition) is 4. The molecule has 0 atom stereocenters. The van der Waals surface area contributed by atoms with Gasteiger partial charge in [-0.1, -0.05) is 11.6 Å². The summed E-state index contributed by atoms with van der Waals surface area (Å²) in [4.78, 5) is 14.3. The van der Waals surface area contributed by atoms with Gasteiger partial charge in [-0.05, 0) is 44.2 Å². The molecular weight excluding hydrogens is 409 g/mol. The molecule has 0 saturated carbocycles. The van der Waals surface area contributed by atoms with E-state index in [1.807, 2.05) is 13.8 Å². The molecule has 0 aliphatic rings. The molecule has 1 N–H and O–H groups in total. The van der Waals surface area contributed by atoms with Crippen molar-refractivity contribution in [3.05, 3.63) is 46.5 Å². The van der Waals surface area contributed by atoms with Gasteiger partial charge in [0, 0.05) is 19.7 Å². The van der Waals surface area contributed by atoms with Crippen molar-refractivity contribution in [3.8, 4) is 11.5 Å². The normalized spacial score (nSPS) is 11.4. The lowest BCUT2D eigenvalue weighted by atomic mass is 10.1. The number of rotatable bonds is 6.